The zero-order valence-electron chi connectivity index (χ0n) is 13.1. The monoisotopic (exact) mass is 323 g/mol. The van der Waals surface area contributed by atoms with Gasteiger partial charge in [0.15, 0.2) is 0 Å². The molecule has 5 nitrogen and oxygen atoms in total. The van der Waals surface area contributed by atoms with E-state index >= 15 is 0 Å². The molecular weight excluding hydrogens is 298 g/mol. The summed E-state index contributed by atoms with van der Waals surface area (Å²) in [7, 11) is 0. The molecule has 1 fully saturated rings. The van der Waals surface area contributed by atoms with Crippen molar-refractivity contribution in [1.82, 2.24) is 15.5 Å². The van der Waals surface area contributed by atoms with Crippen molar-refractivity contribution >= 4 is 17.7 Å². The van der Waals surface area contributed by atoms with Crippen molar-refractivity contribution in [3.63, 3.8) is 0 Å². The van der Waals surface area contributed by atoms with E-state index in [1.165, 1.54) is 0 Å². The molecule has 2 rings (SSSR count). The quantitative estimate of drug-likeness (QED) is 0.704. The molecule has 122 valence electrons. The van der Waals surface area contributed by atoms with Gasteiger partial charge in [-0.05, 0) is 31.2 Å². The molecule has 2 N–H and O–H groups in total. The molecule has 0 aliphatic carbocycles. The number of nitrogens with zero attached hydrogens (tertiary/aromatic N) is 1. The average Bonchev–Trinajstić information content (AvgIpc) is 2.55. The van der Waals surface area contributed by atoms with Gasteiger partial charge in [0.2, 0.25) is 5.91 Å². The smallest absolute Gasteiger partial charge is 0.230 e. The normalized spacial score (nSPS) is 15.5. The van der Waals surface area contributed by atoms with Crippen LogP contribution in [0.1, 0.15) is 6.92 Å². The molecule has 0 unspecified atom stereocenters. The van der Waals surface area contributed by atoms with Crippen molar-refractivity contribution in [2.75, 3.05) is 51.6 Å². The molecule has 0 spiro atoms. The fraction of sp³-hybridized carbons (Fsp3) is 0.562. The van der Waals surface area contributed by atoms with Crippen LogP contribution in [-0.4, -0.2) is 62.4 Å². The summed E-state index contributed by atoms with van der Waals surface area (Å²) in [4.78, 5) is 15.3. The number of benzene rings is 1. The molecule has 1 aliphatic rings. The number of hydrogen-bond acceptors (Lipinski definition) is 5. The van der Waals surface area contributed by atoms with Gasteiger partial charge < -0.3 is 15.4 Å². The van der Waals surface area contributed by atoms with E-state index in [9.17, 15) is 4.79 Å². The van der Waals surface area contributed by atoms with Crippen molar-refractivity contribution in [2.24, 2.45) is 0 Å². The lowest BCUT2D eigenvalue weighted by atomic mass is 10.3. The standard InChI is InChI=1S/C16H25N3O2S/c1-2-21-14-3-5-15(6-4-14)22-13-16(20)18-9-12-19-10-7-17-8-11-19/h3-6,17H,2,7-13H2,1H3,(H,18,20). The van der Waals surface area contributed by atoms with Gasteiger partial charge in [-0.2, -0.15) is 0 Å². The van der Waals surface area contributed by atoms with Gasteiger partial charge in [0, 0.05) is 44.2 Å². The highest BCUT2D eigenvalue weighted by Gasteiger charge is 2.09. The van der Waals surface area contributed by atoms with Crippen LogP contribution in [0.15, 0.2) is 29.2 Å². The van der Waals surface area contributed by atoms with Crippen LogP contribution in [0.3, 0.4) is 0 Å². The van der Waals surface area contributed by atoms with E-state index in [4.69, 9.17) is 4.74 Å². The Bertz CT molecular complexity index is 447. The van der Waals surface area contributed by atoms with E-state index in [0.29, 0.717) is 12.4 Å². The van der Waals surface area contributed by atoms with Gasteiger partial charge in [-0.25, -0.2) is 0 Å². The molecule has 6 heteroatoms. The van der Waals surface area contributed by atoms with Crippen molar-refractivity contribution in [1.29, 1.82) is 0 Å². The molecule has 0 saturated carbocycles. The Morgan fingerprint density at radius 2 is 2.05 bits per heavy atom. The van der Waals surface area contributed by atoms with E-state index < -0.39 is 0 Å². The molecule has 22 heavy (non-hydrogen) atoms. The number of thioether (sulfide) groups is 1. The first-order valence-electron chi connectivity index (χ1n) is 7.83. The zero-order chi connectivity index (χ0) is 15.6. The first-order valence-corrected chi connectivity index (χ1v) is 8.82. The molecule has 1 aromatic carbocycles. The summed E-state index contributed by atoms with van der Waals surface area (Å²) in [5.41, 5.74) is 0. The molecule has 1 amide bonds. The van der Waals surface area contributed by atoms with Crippen LogP contribution in [-0.2, 0) is 4.79 Å². The number of piperazine rings is 1. The van der Waals surface area contributed by atoms with Gasteiger partial charge in [-0.3, -0.25) is 9.69 Å². The largest absolute Gasteiger partial charge is 0.494 e. The van der Waals surface area contributed by atoms with Gasteiger partial charge in [0.25, 0.3) is 0 Å². The molecule has 1 aliphatic heterocycles. The van der Waals surface area contributed by atoms with Gasteiger partial charge in [-0.15, -0.1) is 11.8 Å². The number of carbonyl (C=O) groups excluding carboxylic acids is 1. The van der Waals surface area contributed by atoms with Crippen LogP contribution in [0.5, 0.6) is 5.75 Å². The first kappa shape index (κ1) is 17.1. The lowest BCUT2D eigenvalue weighted by Gasteiger charge is -2.27. The van der Waals surface area contributed by atoms with Crippen molar-refractivity contribution in [3.05, 3.63) is 24.3 Å². The Labute approximate surface area is 136 Å². The van der Waals surface area contributed by atoms with Crippen LogP contribution in [0.2, 0.25) is 0 Å². The first-order chi connectivity index (χ1) is 10.8. The minimum absolute atomic E-state index is 0.0917. The Kier molecular flexibility index (Phi) is 7.56. The molecule has 0 radical (unpaired) electrons. The Morgan fingerprint density at radius 1 is 1.32 bits per heavy atom. The number of ether oxygens (including phenoxy) is 1. The van der Waals surface area contributed by atoms with E-state index in [1.54, 1.807) is 11.8 Å². The molecule has 1 aromatic rings. The maximum atomic E-state index is 11.8. The third kappa shape index (κ3) is 6.25. The second-order valence-electron chi connectivity index (χ2n) is 5.13. The summed E-state index contributed by atoms with van der Waals surface area (Å²) in [6, 6.07) is 7.86. The number of carbonyl (C=O) groups is 1. The topological polar surface area (TPSA) is 53.6 Å². The van der Waals surface area contributed by atoms with Crippen LogP contribution in [0.4, 0.5) is 0 Å². The lowest BCUT2D eigenvalue weighted by Crippen LogP contribution is -2.46. The van der Waals surface area contributed by atoms with Gasteiger partial charge in [0.1, 0.15) is 5.75 Å². The summed E-state index contributed by atoms with van der Waals surface area (Å²) in [5.74, 6) is 1.41. The van der Waals surface area contributed by atoms with Crippen molar-refractivity contribution in [3.8, 4) is 5.75 Å². The van der Waals surface area contributed by atoms with Crippen LogP contribution in [0, 0.1) is 0 Å². The fourth-order valence-electron chi connectivity index (χ4n) is 2.29. The van der Waals surface area contributed by atoms with Gasteiger partial charge >= 0.3 is 0 Å². The Balaban J connectivity index is 1.60. The van der Waals surface area contributed by atoms with Gasteiger partial charge in [-0.1, -0.05) is 0 Å². The third-order valence-electron chi connectivity index (χ3n) is 3.46. The van der Waals surface area contributed by atoms with E-state index in [-0.39, 0.29) is 5.91 Å². The molecular formula is C16H25N3O2S. The lowest BCUT2D eigenvalue weighted by molar-refractivity contribution is -0.118. The van der Waals surface area contributed by atoms with E-state index in [0.717, 1.165) is 49.9 Å². The van der Waals surface area contributed by atoms with Crippen molar-refractivity contribution in [2.45, 2.75) is 11.8 Å². The highest BCUT2D eigenvalue weighted by molar-refractivity contribution is 8.00. The number of amides is 1. The second kappa shape index (κ2) is 9.71. The summed E-state index contributed by atoms with van der Waals surface area (Å²) in [6.45, 7) is 8.51. The summed E-state index contributed by atoms with van der Waals surface area (Å²) in [5, 5.41) is 6.31. The SMILES string of the molecule is CCOc1ccc(SCC(=O)NCCN2CCNCC2)cc1. The molecule has 0 atom stereocenters. The van der Waals surface area contributed by atoms with Crippen LogP contribution in [0.25, 0.3) is 0 Å². The maximum Gasteiger partial charge on any atom is 0.230 e. The third-order valence-corrected chi connectivity index (χ3v) is 4.48. The predicted octanol–water partition coefficient (Wildman–Crippen LogP) is 1.20. The summed E-state index contributed by atoms with van der Waals surface area (Å²) in [6.07, 6.45) is 0. The summed E-state index contributed by atoms with van der Waals surface area (Å²) < 4.78 is 5.40. The minimum atomic E-state index is 0.0917. The molecule has 0 aromatic heterocycles. The highest BCUT2D eigenvalue weighted by atomic mass is 32.2. The van der Waals surface area contributed by atoms with Crippen LogP contribution >= 0.6 is 11.8 Å². The van der Waals surface area contributed by atoms with Crippen LogP contribution < -0.4 is 15.4 Å². The molecule has 1 heterocycles. The van der Waals surface area contributed by atoms with Crippen molar-refractivity contribution < 1.29 is 9.53 Å². The minimum Gasteiger partial charge on any atom is -0.494 e. The average molecular weight is 323 g/mol. The maximum absolute atomic E-state index is 11.8. The van der Waals surface area contributed by atoms with Gasteiger partial charge in [0.05, 0.1) is 12.4 Å². The Hall–Kier alpha value is -1.24. The number of nitrogens with one attached hydrogen (secondary N) is 2. The number of rotatable bonds is 8. The van der Waals surface area contributed by atoms with E-state index in [2.05, 4.69) is 15.5 Å². The zero-order valence-corrected chi connectivity index (χ0v) is 14.0. The highest BCUT2D eigenvalue weighted by Crippen LogP contribution is 2.21. The molecule has 1 saturated heterocycles. The van der Waals surface area contributed by atoms with E-state index in [1.807, 2.05) is 31.2 Å². The summed E-state index contributed by atoms with van der Waals surface area (Å²) >= 11 is 1.55. The molecule has 0 bridgehead atoms. The Morgan fingerprint density at radius 3 is 2.73 bits per heavy atom. The predicted molar refractivity (Wildman–Crippen MR) is 90.7 cm³/mol. The second-order valence-corrected chi connectivity index (χ2v) is 6.18. The number of hydrogen-bond donors (Lipinski definition) is 2. The fourth-order valence-corrected chi connectivity index (χ4v) is 3.02.